The Kier molecular flexibility index (Phi) is 4.98. The van der Waals surface area contributed by atoms with Crippen LogP contribution in [0, 0.1) is 6.92 Å². The van der Waals surface area contributed by atoms with Gasteiger partial charge in [0, 0.05) is 24.4 Å². The molecule has 0 bridgehead atoms. The number of aryl methyl sites for hydroxylation is 2. The molecular weight excluding hydrogens is 310 g/mol. The Morgan fingerprint density at radius 1 is 1.24 bits per heavy atom. The minimum absolute atomic E-state index is 0.0787. The van der Waals surface area contributed by atoms with E-state index >= 15 is 0 Å². The molecule has 128 valence electrons. The van der Waals surface area contributed by atoms with Crippen molar-refractivity contribution in [3.8, 4) is 0 Å². The molecule has 0 saturated heterocycles. The Balaban J connectivity index is 1.73. The van der Waals surface area contributed by atoms with Crippen molar-refractivity contribution in [2.75, 3.05) is 0 Å². The molecule has 1 N–H and O–H groups in total. The first-order valence-electron chi connectivity index (χ1n) is 8.58. The minimum Gasteiger partial charge on any atom is -0.346 e. The van der Waals surface area contributed by atoms with Gasteiger partial charge in [0.1, 0.15) is 0 Å². The standard InChI is InChI=1S/C21H23N3O/c1-4-24-14-20(16(3)23-24)15(2)22-21(25)13-12-18-10-7-9-17-8-5-6-11-19(17)18/h5-15H,4H2,1-3H3,(H,22,25)/b13-12+/t15-/m0/s1. The van der Waals surface area contributed by atoms with Gasteiger partial charge in [0.05, 0.1) is 11.7 Å². The van der Waals surface area contributed by atoms with Crippen LogP contribution < -0.4 is 5.32 Å². The van der Waals surface area contributed by atoms with Crippen molar-refractivity contribution in [2.24, 2.45) is 0 Å². The lowest BCUT2D eigenvalue weighted by molar-refractivity contribution is -0.117. The maximum Gasteiger partial charge on any atom is 0.244 e. The van der Waals surface area contributed by atoms with Gasteiger partial charge >= 0.3 is 0 Å². The van der Waals surface area contributed by atoms with Crippen LogP contribution in [0.5, 0.6) is 0 Å². The highest BCUT2D eigenvalue weighted by molar-refractivity contribution is 5.96. The van der Waals surface area contributed by atoms with Crippen molar-refractivity contribution in [1.82, 2.24) is 15.1 Å². The van der Waals surface area contributed by atoms with Gasteiger partial charge in [0.25, 0.3) is 0 Å². The van der Waals surface area contributed by atoms with E-state index < -0.39 is 0 Å². The smallest absolute Gasteiger partial charge is 0.244 e. The zero-order chi connectivity index (χ0) is 17.8. The molecule has 0 radical (unpaired) electrons. The lowest BCUT2D eigenvalue weighted by atomic mass is 10.0. The summed E-state index contributed by atoms with van der Waals surface area (Å²) in [4.78, 5) is 12.3. The van der Waals surface area contributed by atoms with Crippen molar-refractivity contribution < 1.29 is 4.79 Å². The number of hydrogen-bond donors (Lipinski definition) is 1. The monoisotopic (exact) mass is 333 g/mol. The van der Waals surface area contributed by atoms with Crippen molar-refractivity contribution >= 4 is 22.8 Å². The highest BCUT2D eigenvalue weighted by atomic mass is 16.1. The molecule has 25 heavy (non-hydrogen) atoms. The van der Waals surface area contributed by atoms with E-state index in [1.807, 2.05) is 62.0 Å². The van der Waals surface area contributed by atoms with Crippen LogP contribution >= 0.6 is 0 Å². The highest BCUT2D eigenvalue weighted by Gasteiger charge is 2.13. The van der Waals surface area contributed by atoms with E-state index in [2.05, 4.69) is 28.6 Å². The summed E-state index contributed by atoms with van der Waals surface area (Å²) in [6.07, 6.45) is 5.46. The Bertz CT molecular complexity index is 919. The molecule has 0 aliphatic carbocycles. The SMILES string of the molecule is CCn1cc([C@H](C)NC(=O)/C=C/c2cccc3ccccc23)c(C)n1. The van der Waals surface area contributed by atoms with Crippen LogP contribution in [-0.4, -0.2) is 15.7 Å². The van der Waals surface area contributed by atoms with E-state index in [9.17, 15) is 4.79 Å². The van der Waals surface area contributed by atoms with Crippen molar-refractivity contribution in [3.63, 3.8) is 0 Å². The summed E-state index contributed by atoms with van der Waals surface area (Å²) in [5, 5.41) is 9.75. The van der Waals surface area contributed by atoms with Gasteiger partial charge in [-0.2, -0.15) is 5.10 Å². The van der Waals surface area contributed by atoms with Crippen LogP contribution in [0.1, 0.15) is 36.7 Å². The van der Waals surface area contributed by atoms with E-state index in [1.165, 1.54) is 5.39 Å². The first kappa shape index (κ1) is 17.0. The van der Waals surface area contributed by atoms with Gasteiger partial charge in [0.15, 0.2) is 0 Å². The number of rotatable bonds is 5. The zero-order valence-corrected chi connectivity index (χ0v) is 14.9. The van der Waals surface area contributed by atoms with E-state index in [-0.39, 0.29) is 11.9 Å². The van der Waals surface area contributed by atoms with E-state index in [0.29, 0.717) is 0 Å². The summed E-state index contributed by atoms with van der Waals surface area (Å²) in [6.45, 7) is 6.82. The van der Waals surface area contributed by atoms with E-state index in [4.69, 9.17) is 0 Å². The van der Waals surface area contributed by atoms with Crippen molar-refractivity contribution in [2.45, 2.75) is 33.4 Å². The largest absolute Gasteiger partial charge is 0.346 e. The molecule has 4 nitrogen and oxygen atoms in total. The maximum absolute atomic E-state index is 12.3. The summed E-state index contributed by atoms with van der Waals surface area (Å²) in [6, 6.07) is 14.2. The van der Waals surface area contributed by atoms with Crippen LogP contribution in [0.25, 0.3) is 16.8 Å². The fourth-order valence-electron chi connectivity index (χ4n) is 3.02. The normalized spacial score (nSPS) is 12.6. The van der Waals surface area contributed by atoms with E-state index in [0.717, 1.165) is 28.8 Å². The molecule has 0 saturated carbocycles. The number of amides is 1. The highest BCUT2D eigenvalue weighted by Crippen LogP contribution is 2.20. The number of hydrogen-bond acceptors (Lipinski definition) is 2. The minimum atomic E-state index is -0.107. The molecule has 0 fully saturated rings. The quantitative estimate of drug-likeness (QED) is 0.709. The fraction of sp³-hybridized carbons (Fsp3) is 0.238. The third-order valence-electron chi connectivity index (χ3n) is 4.37. The summed E-state index contributed by atoms with van der Waals surface area (Å²) >= 11 is 0. The molecule has 2 aromatic carbocycles. The second-order valence-corrected chi connectivity index (χ2v) is 6.16. The number of carbonyl (C=O) groups is 1. The lowest BCUT2D eigenvalue weighted by Gasteiger charge is -2.11. The topological polar surface area (TPSA) is 46.9 Å². The number of nitrogens with one attached hydrogen (secondary N) is 1. The molecule has 0 unspecified atom stereocenters. The molecule has 3 aromatic rings. The predicted molar refractivity (Wildman–Crippen MR) is 102 cm³/mol. The molecular formula is C21H23N3O. The summed E-state index contributed by atoms with van der Waals surface area (Å²) < 4.78 is 1.89. The molecule has 0 aliphatic rings. The predicted octanol–water partition coefficient (Wildman–Crippen LogP) is 4.26. The van der Waals surface area contributed by atoms with Crippen LogP contribution in [0.3, 0.4) is 0 Å². The molecule has 0 spiro atoms. The Hall–Kier alpha value is -2.88. The molecule has 1 aromatic heterocycles. The number of nitrogens with zero attached hydrogens (tertiary/aromatic N) is 2. The molecule has 1 amide bonds. The summed E-state index contributed by atoms with van der Waals surface area (Å²) in [7, 11) is 0. The molecule has 3 rings (SSSR count). The van der Waals surface area contributed by atoms with Gasteiger partial charge in [-0.15, -0.1) is 0 Å². The number of carbonyl (C=O) groups excluding carboxylic acids is 1. The van der Waals surface area contributed by atoms with Crippen LogP contribution in [0.2, 0.25) is 0 Å². The number of aromatic nitrogens is 2. The molecule has 1 heterocycles. The number of benzene rings is 2. The van der Waals surface area contributed by atoms with Crippen LogP contribution in [0.4, 0.5) is 0 Å². The average molecular weight is 333 g/mol. The third kappa shape index (κ3) is 3.79. The van der Waals surface area contributed by atoms with Gasteiger partial charge in [-0.05, 0) is 43.2 Å². The van der Waals surface area contributed by atoms with Gasteiger partial charge in [-0.25, -0.2) is 0 Å². The second-order valence-electron chi connectivity index (χ2n) is 6.16. The first-order valence-corrected chi connectivity index (χ1v) is 8.58. The van der Waals surface area contributed by atoms with Crippen LogP contribution in [-0.2, 0) is 11.3 Å². The van der Waals surface area contributed by atoms with E-state index in [1.54, 1.807) is 6.08 Å². The molecule has 0 aliphatic heterocycles. The summed E-state index contributed by atoms with van der Waals surface area (Å²) in [5.74, 6) is -0.107. The fourth-order valence-corrected chi connectivity index (χ4v) is 3.02. The first-order chi connectivity index (χ1) is 12.1. The summed E-state index contributed by atoms with van der Waals surface area (Å²) in [5.41, 5.74) is 3.04. The lowest BCUT2D eigenvalue weighted by Crippen LogP contribution is -2.24. The zero-order valence-electron chi connectivity index (χ0n) is 14.9. The van der Waals surface area contributed by atoms with Crippen molar-refractivity contribution in [1.29, 1.82) is 0 Å². The maximum atomic E-state index is 12.3. The van der Waals surface area contributed by atoms with Gasteiger partial charge in [-0.1, -0.05) is 42.5 Å². The average Bonchev–Trinajstić information content (AvgIpc) is 3.01. The second kappa shape index (κ2) is 7.34. The Morgan fingerprint density at radius 3 is 2.76 bits per heavy atom. The van der Waals surface area contributed by atoms with Crippen molar-refractivity contribution in [3.05, 3.63) is 71.6 Å². The van der Waals surface area contributed by atoms with Crippen LogP contribution in [0.15, 0.2) is 54.7 Å². The third-order valence-corrected chi connectivity index (χ3v) is 4.37. The van der Waals surface area contributed by atoms with Gasteiger partial charge in [0.2, 0.25) is 5.91 Å². The number of fused-ring (bicyclic) bond motifs is 1. The Morgan fingerprint density at radius 2 is 2.00 bits per heavy atom. The molecule has 1 atom stereocenters. The van der Waals surface area contributed by atoms with Gasteiger partial charge in [-0.3, -0.25) is 9.48 Å². The molecule has 4 heteroatoms. The Labute approximate surface area is 148 Å². The van der Waals surface area contributed by atoms with Gasteiger partial charge < -0.3 is 5.32 Å².